The zero-order valence-corrected chi connectivity index (χ0v) is 8.08. The Morgan fingerprint density at radius 1 is 1.33 bits per heavy atom. The smallest absolute Gasteiger partial charge is 0.184 e. The standard InChI is InChI=1S/C11H12O4/c12-6-10-9(13)7-14-11(15-10)8-4-2-1-3-5-8/h1-6,9-11,13H,7H2/t9-,10-,11+/m0/s1. The third-order valence-electron chi connectivity index (χ3n) is 2.28. The minimum atomic E-state index is -0.873. The zero-order valence-electron chi connectivity index (χ0n) is 8.08. The van der Waals surface area contributed by atoms with Crippen molar-refractivity contribution in [3.05, 3.63) is 35.9 Å². The molecule has 1 aliphatic heterocycles. The fourth-order valence-electron chi connectivity index (χ4n) is 1.46. The lowest BCUT2D eigenvalue weighted by molar-refractivity contribution is -0.246. The molecule has 1 aromatic carbocycles. The molecule has 0 aromatic heterocycles. The van der Waals surface area contributed by atoms with Crippen molar-refractivity contribution in [1.29, 1.82) is 0 Å². The van der Waals surface area contributed by atoms with Gasteiger partial charge in [0.1, 0.15) is 12.2 Å². The molecule has 0 aliphatic carbocycles. The van der Waals surface area contributed by atoms with Crippen molar-refractivity contribution in [2.24, 2.45) is 0 Å². The molecule has 1 heterocycles. The average Bonchev–Trinajstić information content (AvgIpc) is 2.31. The molecular formula is C11H12O4. The quantitative estimate of drug-likeness (QED) is 0.725. The van der Waals surface area contributed by atoms with Crippen molar-refractivity contribution in [2.45, 2.75) is 18.5 Å². The molecule has 1 N–H and O–H groups in total. The Labute approximate surface area is 87.4 Å². The lowest BCUT2D eigenvalue weighted by atomic mass is 10.1. The molecule has 1 aliphatic rings. The second kappa shape index (κ2) is 4.53. The normalized spacial score (nSPS) is 31.1. The van der Waals surface area contributed by atoms with Crippen LogP contribution in [0.25, 0.3) is 0 Å². The van der Waals surface area contributed by atoms with Crippen molar-refractivity contribution >= 4 is 6.29 Å². The van der Waals surface area contributed by atoms with Crippen molar-refractivity contribution < 1.29 is 19.4 Å². The van der Waals surface area contributed by atoms with Gasteiger partial charge in [0.2, 0.25) is 0 Å². The highest BCUT2D eigenvalue weighted by Crippen LogP contribution is 2.25. The molecule has 15 heavy (non-hydrogen) atoms. The molecule has 2 rings (SSSR count). The van der Waals surface area contributed by atoms with Crippen LogP contribution in [0.2, 0.25) is 0 Å². The third kappa shape index (κ3) is 2.23. The molecule has 1 fully saturated rings. The minimum absolute atomic E-state index is 0.114. The van der Waals surface area contributed by atoms with E-state index < -0.39 is 18.5 Å². The second-order valence-electron chi connectivity index (χ2n) is 3.38. The molecule has 0 spiro atoms. The number of carbonyl (C=O) groups is 1. The van der Waals surface area contributed by atoms with Gasteiger partial charge >= 0.3 is 0 Å². The van der Waals surface area contributed by atoms with E-state index in [2.05, 4.69) is 0 Å². The third-order valence-corrected chi connectivity index (χ3v) is 2.28. The molecule has 4 nitrogen and oxygen atoms in total. The maximum atomic E-state index is 10.6. The number of carbonyl (C=O) groups excluding carboxylic acids is 1. The van der Waals surface area contributed by atoms with E-state index in [-0.39, 0.29) is 6.61 Å². The molecule has 0 amide bonds. The van der Waals surface area contributed by atoms with Crippen molar-refractivity contribution in [3.8, 4) is 0 Å². The fraction of sp³-hybridized carbons (Fsp3) is 0.364. The van der Waals surface area contributed by atoms with Gasteiger partial charge in [-0.05, 0) is 0 Å². The monoisotopic (exact) mass is 208 g/mol. The van der Waals surface area contributed by atoms with Gasteiger partial charge in [-0.25, -0.2) is 0 Å². The van der Waals surface area contributed by atoms with Gasteiger partial charge in [-0.15, -0.1) is 0 Å². The molecule has 80 valence electrons. The molecular weight excluding hydrogens is 196 g/mol. The van der Waals surface area contributed by atoms with Crippen LogP contribution in [0.15, 0.2) is 30.3 Å². The fourth-order valence-corrected chi connectivity index (χ4v) is 1.46. The maximum absolute atomic E-state index is 10.6. The Hall–Kier alpha value is -1.23. The summed E-state index contributed by atoms with van der Waals surface area (Å²) in [7, 11) is 0. The van der Waals surface area contributed by atoms with E-state index in [4.69, 9.17) is 9.47 Å². The van der Waals surface area contributed by atoms with Crippen LogP contribution in [0.3, 0.4) is 0 Å². The van der Waals surface area contributed by atoms with Gasteiger partial charge in [-0.1, -0.05) is 30.3 Å². The van der Waals surface area contributed by atoms with Crippen LogP contribution in [0.5, 0.6) is 0 Å². The SMILES string of the molecule is O=C[C@@H]1O[C@H](c2ccccc2)OC[C@@H]1O. The summed E-state index contributed by atoms with van der Waals surface area (Å²) in [5.41, 5.74) is 0.844. The molecule has 1 saturated heterocycles. The van der Waals surface area contributed by atoms with E-state index in [0.717, 1.165) is 5.56 Å². The summed E-state index contributed by atoms with van der Waals surface area (Å²) in [5, 5.41) is 9.35. The van der Waals surface area contributed by atoms with Crippen LogP contribution in [0.1, 0.15) is 11.9 Å². The van der Waals surface area contributed by atoms with E-state index in [9.17, 15) is 9.90 Å². The first-order chi connectivity index (χ1) is 7.31. The predicted molar refractivity (Wildman–Crippen MR) is 52.1 cm³/mol. The molecule has 0 unspecified atom stereocenters. The first-order valence-corrected chi connectivity index (χ1v) is 4.76. The van der Waals surface area contributed by atoms with Gasteiger partial charge in [0, 0.05) is 5.56 Å². The van der Waals surface area contributed by atoms with Gasteiger partial charge in [0.15, 0.2) is 12.6 Å². The summed E-state index contributed by atoms with van der Waals surface area (Å²) < 4.78 is 10.6. The largest absolute Gasteiger partial charge is 0.388 e. The van der Waals surface area contributed by atoms with E-state index in [0.29, 0.717) is 6.29 Å². The molecule has 0 bridgehead atoms. The summed E-state index contributed by atoms with van der Waals surface area (Å²) in [6, 6.07) is 9.32. The molecule has 4 heteroatoms. The van der Waals surface area contributed by atoms with E-state index >= 15 is 0 Å². The summed E-state index contributed by atoms with van der Waals surface area (Å²) in [6.45, 7) is 0.114. The molecule has 1 aromatic rings. The number of aliphatic hydroxyl groups excluding tert-OH is 1. The Kier molecular flexibility index (Phi) is 3.11. The Morgan fingerprint density at radius 3 is 2.73 bits per heavy atom. The summed E-state index contributed by atoms with van der Waals surface area (Å²) in [5.74, 6) is 0. The minimum Gasteiger partial charge on any atom is -0.388 e. The van der Waals surface area contributed by atoms with Gasteiger partial charge in [-0.2, -0.15) is 0 Å². The number of ether oxygens (including phenoxy) is 2. The van der Waals surface area contributed by atoms with Crippen LogP contribution in [0, 0.1) is 0 Å². The Bertz CT molecular complexity index is 325. The van der Waals surface area contributed by atoms with E-state index in [1.165, 1.54) is 0 Å². The number of hydrogen-bond acceptors (Lipinski definition) is 4. The topological polar surface area (TPSA) is 55.8 Å². The van der Waals surface area contributed by atoms with Crippen molar-refractivity contribution in [1.82, 2.24) is 0 Å². The Morgan fingerprint density at radius 2 is 2.07 bits per heavy atom. The van der Waals surface area contributed by atoms with Crippen LogP contribution in [-0.2, 0) is 14.3 Å². The average molecular weight is 208 g/mol. The Balaban J connectivity index is 2.09. The van der Waals surface area contributed by atoms with Crippen LogP contribution < -0.4 is 0 Å². The molecule has 0 radical (unpaired) electrons. The van der Waals surface area contributed by atoms with Crippen molar-refractivity contribution in [3.63, 3.8) is 0 Å². The highest BCUT2D eigenvalue weighted by Gasteiger charge is 2.30. The van der Waals surface area contributed by atoms with Crippen LogP contribution >= 0.6 is 0 Å². The van der Waals surface area contributed by atoms with Crippen LogP contribution in [0.4, 0.5) is 0 Å². The number of aldehydes is 1. The number of hydrogen-bond donors (Lipinski definition) is 1. The summed E-state index contributed by atoms with van der Waals surface area (Å²) in [4.78, 5) is 10.6. The predicted octanol–water partition coefficient (Wildman–Crippen LogP) is 0.660. The number of aliphatic hydroxyl groups is 1. The maximum Gasteiger partial charge on any atom is 0.184 e. The van der Waals surface area contributed by atoms with Crippen LogP contribution in [-0.4, -0.2) is 30.2 Å². The van der Waals surface area contributed by atoms with Gasteiger partial charge in [-0.3, -0.25) is 0 Å². The van der Waals surface area contributed by atoms with E-state index in [1.807, 2.05) is 30.3 Å². The van der Waals surface area contributed by atoms with Gasteiger partial charge in [0.05, 0.1) is 6.61 Å². The first kappa shape index (κ1) is 10.3. The summed E-state index contributed by atoms with van der Waals surface area (Å²) >= 11 is 0. The zero-order chi connectivity index (χ0) is 10.7. The van der Waals surface area contributed by atoms with Crippen molar-refractivity contribution in [2.75, 3.05) is 6.61 Å². The molecule has 3 atom stereocenters. The summed E-state index contributed by atoms with van der Waals surface area (Å²) in [6.07, 6.45) is -1.64. The highest BCUT2D eigenvalue weighted by molar-refractivity contribution is 5.57. The van der Waals surface area contributed by atoms with Gasteiger partial charge < -0.3 is 19.4 Å². The lowest BCUT2D eigenvalue weighted by Gasteiger charge is -2.31. The lowest BCUT2D eigenvalue weighted by Crippen LogP contribution is -2.41. The highest BCUT2D eigenvalue weighted by atomic mass is 16.7. The second-order valence-corrected chi connectivity index (χ2v) is 3.38. The number of rotatable bonds is 2. The van der Waals surface area contributed by atoms with E-state index in [1.54, 1.807) is 0 Å². The van der Waals surface area contributed by atoms with Gasteiger partial charge in [0.25, 0.3) is 0 Å². The first-order valence-electron chi connectivity index (χ1n) is 4.76. The number of benzene rings is 1. The molecule has 0 saturated carbocycles.